The first kappa shape index (κ1) is 21.3. The normalized spacial score (nSPS) is 11.0. The molecule has 32 heavy (non-hydrogen) atoms. The predicted octanol–water partition coefficient (Wildman–Crippen LogP) is 4.43. The Hall–Kier alpha value is -3.98. The van der Waals surface area contributed by atoms with Crippen LogP contribution in [0.2, 0.25) is 0 Å². The Morgan fingerprint density at radius 2 is 1.91 bits per heavy atom. The number of carbonyl (C=O) groups excluding carboxylic acids is 2. The number of rotatable bonds is 7. The lowest BCUT2D eigenvalue weighted by Crippen LogP contribution is -2.19. The van der Waals surface area contributed by atoms with E-state index in [2.05, 4.69) is 15.5 Å². The summed E-state index contributed by atoms with van der Waals surface area (Å²) in [5.41, 5.74) is 4.22. The molecule has 0 saturated heterocycles. The van der Waals surface area contributed by atoms with Crippen LogP contribution in [0.15, 0.2) is 87.5 Å². The number of amides is 1. The molecule has 0 aliphatic rings. The number of esters is 1. The molecule has 0 aliphatic heterocycles. The Kier molecular flexibility index (Phi) is 6.57. The zero-order valence-corrected chi connectivity index (χ0v) is 17.3. The first-order valence-corrected chi connectivity index (χ1v) is 10.4. The summed E-state index contributed by atoms with van der Waals surface area (Å²) in [5, 5.41) is 4.30. The van der Waals surface area contributed by atoms with Crippen molar-refractivity contribution >= 4 is 41.0 Å². The van der Waals surface area contributed by atoms with E-state index in [1.807, 2.05) is 18.2 Å². The van der Waals surface area contributed by atoms with Crippen molar-refractivity contribution < 1.29 is 23.1 Å². The molecule has 1 N–H and O–H groups in total. The van der Waals surface area contributed by atoms with Crippen molar-refractivity contribution in [2.45, 2.75) is 5.22 Å². The van der Waals surface area contributed by atoms with Gasteiger partial charge in [0.25, 0.3) is 11.1 Å². The van der Waals surface area contributed by atoms with Gasteiger partial charge in [0, 0.05) is 0 Å². The molecule has 0 radical (unpaired) electrons. The van der Waals surface area contributed by atoms with Crippen molar-refractivity contribution in [3.05, 3.63) is 89.7 Å². The number of aromatic nitrogens is 1. The molecule has 0 spiro atoms. The molecule has 9 heteroatoms. The van der Waals surface area contributed by atoms with E-state index in [4.69, 9.17) is 9.15 Å². The van der Waals surface area contributed by atoms with Crippen molar-refractivity contribution in [3.8, 4) is 5.75 Å². The minimum absolute atomic E-state index is 0.0739. The highest BCUT2D eigenvalue weighted by Gasteiger charge is 2.13. The number of hydrogen-bond acceptors (Lipinski definition) is 7. The van der Waals surface area contributed by atoms with Crippen LogP contribution in [0, 0.1) is 5.82 Å². The van der Waals surface area contributed by atoms with Gasteiger partial charge < -0.3 is 9.15 Å². The number of hydrogen-bond donors (Lipinski definition) is 1. The van der Waals surface area contributed by atoms with Gasteiger partial charge in [-0.3, -0.25) is 4.79 Å². The maximum Gasteiger partial charge on any atom is 0.346 e. The molecule has 1 heterocycles. The van der Waals surface area contributed by atoms with Crippen LogP contribution in [0.3, 0.4) is 0 Å². The summed E-state index contributed by atoms with van der Waals surface area (Å²) in [4.78, 5) is 28.4. The van der Waals surface area contributed by atoms with Gasteiger partial charge in [-0.05, 0) is 42.0 Å². The van der Waals surface area contributed by atoms with Gasteiger partial charge in [-0.25, -0.2) is 19.6 Å². The van der Waals surface area contributed by atoms with Gasteiger partial charge in [-0.2, -0.15) is 5.10 Å². The molecule has 1 amide bonds. The molecular weight excluding hydrogens is 433 g/mol. The second kappa shape index (κ2) is 9.88. The lowest BCUT2D eigenvalue weighted by atomic mass is 10.2. The van der Waals surface area contributed by atoms with Crippen LogP contribution < -0.4 is 10.2 Å². The van der Waals surface area contributed by atoms with Crippen LogP contribution in [-0.2, 0) is 4.79 Å². The maximum atomic E-state index is 13.7. The third-order valence-electron chi connectivity index (χ3n) is 4.17. The van der Waals surface area contributed by atoms with E-state index in [0.29, 0.717) is 16.4 Å². The van der Waals surface area contributed by atoms with Crippen LogP contribution in [0.5, 0.6) is 5.75 Å². The van der Waals surface area contributed by atoms with Crippen molar-refractivity contribution in [3.63, 3.8) is 0 Å². The molecule has 0 atom stereocenters. The van der Waals surface area contributed by atoms with Gasteiger partial charge in [0.2, 0.25) is 0 Å². The molecule has 0 saturated carbocycles. The minimum atomic E-state index is -0.804. The molecular formula is C23H16FN3O4S. The lowest BCUT2D eigenvalue weighted by Gasteiger charge is -2.05. The molecule has 4 aromatic rings. The van der Waals surface area contributed by atoms with E-state index in [9.17, 15) is 14.0 Å². The van der Waals surface area contributed by atoms with Crippen LogP contribution in [-0.4, -0.2) is 28.8 Å². The van der Waals surface area contributed by atoms with Crippen LogP contribution in [0.25, 0.3) is 11.1 Å². The van der Waals surface area contributed by atoms with E-state index in [-0.39, 0.29) is 23.0 Å². The number of fused-ring (bicyclic) bond motifs is 1. The van der Waals surface area contributed by atoms with Crippen molar-refractivity contribution in [1.29, 1.82) is 0 Å². The molecule has 0 bridgehead atoms. The zero-order chi connectivity index (χ0) is 22.3. The maximum absolute atomic E-state index is 13.7. The molecule has 0 aliphatic carbocycles. The van der Waals surface area contributed by atoms with Crippen LogP contribution in [0.4, 0.5) is 4.39 Å². The summed E-state index contributed by atoms with van der Waals surface area (Å²) in [6.45, 7) is 0. The molecule has 4 rings (SSSR count). The number of para-hydroxylation sites is 2. The van der Waals surface area contributed by atoms with Gasteiger partial charge in [0.1, 0.15) is 17.1 Å². The second-order valence-corrected chi connectivity index (χ2v) is 7.40. The zero-order valence-electron chi connectivity index (χ0n) is 16.5. The number of hydrazone groups is 1. The van der Waals surface area contributed by atoms with E-state index >= 15 is 0 Å². The first-order chi connectivity index (χ1) is 15.6. The Labute approximate surface area is 186 Å². The second-order valence-electron chi connectivity index (χ2n) is 6.47. The number of benzene rings is 3. The highest BCUT2D eigenvalue weighted by atomic mass is 32.2. The summed E-state index contributed by atoms with van der Waals surface area (Å²) in [7, 11) is 0. The summed E-state index contributed by atoms with van der Waals surface area (Å²) in [6.07, 6.45) is 1.41. The summed E-state index contributed by atoms with van der Waals surface area (Å²) in [6, 6.07) is 19.4. The standard InChI is InChI=1S/C23H16FN3O4S/c24-18-9-2-1-8-17(18)22(29)30-16-7-5-6-15(12-16)13-25-27-21(28)14-32-23-26-19-10-3-4-11-20(19)31-23/h1-13H,14H2,(H,27,28)/b25-13-. The predicted molar refractivity (Wildman–Crippen MR) is 118 cm³/mol. The summed E-state index contributed by atoms with van der Waals surface area (Å²) >= 11 is 1.16. The fourth-order valence-corrected chi connectivity index (χ4v) is 3.33. The topological polar surface area (TPSA) is 93.8 Å². The number of ether oxygens (including phenoxy) is 1. The Morgan fingerprint density at radius 1 is 1.09 bits per heavy atom. The summed E-state index contributed by atoms with van der Waals surface area (Å²) in [5.74, 6) is -1.50. The van der Waals surface area contributed by atoms with Crippen molar-refractivity contribution in [1.82, 2.24) is 10.4 Å². The monoisotopic (exact) mass is 449 g/mol. The number of nitrogens with zero attached hydrogens (tertiary/aromatic N) is 2. The van der Waals surface area contributed by atoms with Crippen molar-refractivity contribution in [2.75, 3.05) is 5.75 Å². The largest absolute Gasteiger partial charge is 0.431 e. The smallest absolute Gasteiger partial charge is 0.346 e. The SMILES string of the molecule is O=C(CSc1nc2ccccc2o1)N/N=C\c1cccc(OC(=O)c2ccccc2F)c1. The molecule has 7 nitrogen and oxygen atoms in total. The number of nitrogens with one attached hydrogen (secondary N) is 1. The average molecular weight is 449 g/mol. The van der Waals surface area contributed by atoms with Crippen molar-refractivity contribution in [2.24, 2.45) is 5.10 Å². The molecule has 160 valence electrons. The van der Waals surface area contributed by atoms with E-state index in [1.165, 1.54) is 24.4 Å². The Morgan fingerprint density at radius 3 is 2.75 bits per heavy atom. The highest BCUT2D eigenvalue weighted by molar-refractivity contribution is 7.99. The first-order valence-electron chi connectivity index (χ1n) is 9.45. The Bertz CT molecular complexity index is 1270. The van der Waals surface area contributed by atoms with Crippen LogP contribution in [0.1, 0.15) is 15.9 Å². The van der Waals surface area contributed by atoms with Crippen LogP contribution >= 0.6 is 11.8 Å². The average Bonchev–Trinajstić information content (AvgIpc) is 3.21. The summed E-state index contributed by atoms with van der Waals surface area (Å²) < 4.78 is 24.5. The Balaban J connectivity index is 1.30. The number of carbonyl (C=O) groups is 2. The number of thioether (sulfide) groups is 1. The minimum Gasteiger partial charge on any atom is -0.431 e. The van der Waals surface area contributed by atoms with Gasteiger partial charge in [0.05, 0.1) is 17.5 Å². The number of halogens is 1. The fraction of sp³-hybridized carbons (Fsp3) is 0.0435. The molecule has 1 aromatic heterocycles. The van der Waals surface area contributed by atoms with E-state index < -0.39 is 11.8 Å². The van der Waals surface area contributed by atoms with E-state index in [0.717, 1.165) is 17.3 Å². The van der Waals surface area contributed by atoms with Gasteiger partial charge in [0.15, 0.2) is 5.58 Å². The third kappa shape index (κ3) is 5.38. The van der Waals surface area contributed by atoms with E-state index in [1.54, 1.807) is 36.4 Å². The van der Waals surface area contributed by atoms with Gasteiger partial charge in [-0.15, -0.1) is 0 Å². The van der Waals surface area contributed by atoms with Gasteiger partial charge in [-0.1, -0.05) is 48.2 Å². The quantitative estimate of drug-likeness (QED) is 0.148. The lowest BCUT2D eigenvalue weighted by molar-refractivity contribution is -0.118. The third-order valence-corrected chi connectivity index (χ3v) is 4.99. The molecule has 0 fully saturated rings. The fourth-order valence-electron chi connectivity index (χ4n) is 2.70. The highest BCUT2D eigenvalue weighted by Crippen LogP contribution is 2.22. The molecule has 3 aromatic carbocycles. The molecule has 0 unspecified atom stereocenters. The number of oxazole rings is 1. The van der Waals surface area contributed by atoms with Gasteiger partial charge >= 0.3 is 5.97 Å².